The van der Waals surface area contributed by atoms with E-state index in [0.29, 0.717) is 10.9 Å². The van der Waals surface area contributed by atoms with E-state index in [1.807, 2.05) is 6.92 Å². The number of hydrogen-bond acceptors (Lipinski definition) is 12. The van der Waals surface area contributed by atoms with Crippen molar-refractivity contribution in [3.8, 4) is 0 Å². The number of aliphatic hydroxyl groups is 2. The van der Waals surface area contributed by atoms with E-state index in [2.05, 4.69) is 15.0 Å². The molecule has 2 unspecified atom stereocenters. The summed E-state index contributed by atoms with van der Waals surface area (Å²) in [5, 5.41) is 21.3. The molecule has 2 aromatic heterocycles. The van der Waals surface area contributed by atoms with Gasteiger partial charge in [-0.3, -0.25) is 18.3 Å². The fourth-order valence-electron chi connectivity index (χ4n) is 3.22. The fraction of sp³-hybridized carbons (Fsp3) is 0.667. The first-order chi connectivity index (χ1) is 16.9. The molecule has 0 aliphatic carbocycles. The Bertz CT molecular complexity index is 1300. The Balaban J connectivity index is 1.76. The van der Waals surface area contributed by atoms with Gasteiger partial charge in [0, 0.05) is 5.75 Å². The van der Waals surface area contributed by atoms with E-state index in [4.69, 9.17) is 48.0 Å². The summed E-state index contributed by atoms with van der Waals surface area (Å²) in [4.78, 5) is 50.7. The number of nitrogens with zero attached hydrogens (tertiary/aromatic N) is 4. The number of alkyl halides is 2. The smallest absolute Gasteiger partial charge is 0.371 e. The molecule has 0 amide bonds. The van der Waals surface area contributed by atoms with Gasteiger partial charge < -0.3 is 44.8 Å². The van der Waals surface area contributed by atoms with Gasteiger partial charge in [0.1, 0.15) is 29.7 Å². The Labute approximate surface area is 223 Å². The molecule has 1 aliphatic rings. The first kappa shape index (κ1) is 31.2. The van der Waals surface area contributed by atoms with Crippen LogP contribution in [0.15, 0.2) is 11.5 Å². The Hall–Kier alpha value is -0.350. The number of aromatic nitrogens is 4. The van der Waals surface area contributed by atoms with Crippen LogP contribution in [0.5, 0.6) is 0 Å². The largest absolute Gasteiger partial charge is 0.387 e. The standard InChI is InChI=1S/C15H24Cl2N5O11P3S/c1-2-3-37-14-20-11(18)8-12(21-14)22(5-19-8)13-10(24)9(23)7(33-13)4-32-35(27,28)6-34(25,26)15(16,17)36(29,30)31/h5,7,9-10,13,23-24H,2-4,6H2,1H3,(H,25,26)(H,27,28)(H2,18,20,21)(H2,29,30,31)/t7-,9-,10-,13-/m1/s1. The molecule has 1 fully saturated rings. The van der Waals surface area contributed by atoms with E-state index in [1.54, 1.807) is 0 Å². The SMILES string of the molecule is CCCSc1nc(N)c2ncn([C@@H]3O[C@H](COP(=O)(O)CP(=O)(O)C(Cl)(Cl)P(=O)(O)O)[C@@H](O)[C@H]3O)c2n1. The summed E-state index contributed by atoms with van der Waals surface area (Å²) in [6.45, 7) is 1.09. The zero-order valence-electron chi connectivity index (χ0n) is 18.8. The summed E-state index contributed by atoms with van der Waals surface area (Å²) in [5.41, 5.74) is 6.35. The lowest BCUT2D eigenvalue weighted by Crippen LogP contribution is -2.33. The van der Waals surface area contributed by atoms with Gasteiger partial charge in [0.25, 0.3) is 11.2 Å². The molecule has 2 aromatic rings. The highest BCUT2D eigenvalue weighted by molar-refractivity contribution is 7.99. The van der Waals surface area contributed by atoms with Gasteiger partial charge in [0.2, 0.25) is 0 Å². The van der Waals surface area contributed by atoms with E-state index in [9.17, 15) is 33.7 Å². The Kier molecular flexibility index (Phi) is 9.49. The number of imidazole rings is 1. The molecular weight excluding hydrogens is 622 g/mol. The molecule has 210 valence electrons. The number of halogens is 2. The molecule has 16 nitrogen and oxygen atoms in total. The van der Waals surface area contributed by atoms with Crippen molar-refractivity contribution in [2.24, 2.45) is 0 Å². The molecule has 37 heavy (non-hydrogen) atoms. The molecule has 0 radical (unpaired) electrons. The number of nitrogen functional groups attached to an aromatic ring is 1. The van der Waals surface area contributed by atoms with E-state index in [0.717, 1.165) is 6.42 Å². The highest BCUT2D eigenvalue weighted by Gasteiger charge is 2.60. The van der Waals surface area contributed by atoms with E-state index in [1.165, 1.54) is 22.7 Å². The minimum Gasteiger partial charge on any atom is -0.387 e. The van der Waals surface area contributed by atoms with Crippen LogP contribution >= 0.6 is 57.5 Å². The van der Waals surface area contributed by atoms with Gasteiger partial charge in [-0.05, 0) is 6.42 Å². The van der Waals surface area contributed by atoms with Crippen molar-refractivity contribution in [2.45, 2.75) is 46.9 Å². The molecule has 3 heterocycles. The van der Waals surface area contributed by atoms with E-state index < -0.39 is 63.4 Å². The van der Waals surface area contributed by atoms with Crippen LogP contribution < -0.4 is 5.73 Å². The third-order valence-electron chi connectivity index (χ3n) is 5.06. The summed E-state index contributed by atoms with van der Waals surface area (Å²) >= 11 is 12.0. The van der Waals surface area contributed by atoms with Gasteiger partial charge in [0.05, 0.1) is 12.9 Å². The van der Waals surface area contributed by atoms with Crippen molar-refractivity contribution in [2.75, 3.05) is 24.0 Å². The van der Waals surface area contributed by atoms with Crippen LogP contribution in [0.4, 0.5) is 5.82 Å². The van der Waals surface area contributed by atoms with Crippen molar-refractivity contribution in [1.29, 1.82) is 0 Å². The Morgan fingerprint density at radius 2 is 1.84 bits per heavy atom. The van der Waals surface area contributed by atoms with Crippen LogP contribution in [0, 0.1) is 0 Å². The Morgan fingerprint density at radius 3 is 2.43 bits per heavy atom. The third kappa shape index (κ3) is 6.53. The topological polar surface area (TPSA) is 261 Å². The summed E-state index contributed by atoms with van der Waals surface area (Å²) in [6.07, 6.45) is -3.88. The number of anilines is 1. The lowest BCUT2D eigenvalue weighted by Gasteiger charge is -2.27. The van der Waals surface area contributed by atoms with E-state index in [-0.39, 0.29) is 17.0 Å². The fourth-order valence-corrected chi connectivity index (χ4v) is 10.4. The molecule has 0 aromatic carbocycles. The summed E-state index contributed by atoms with van der Waals surface area (Å²) in [6, 6.07) is 0. The second-order valence-electron chi connectivity index (χ2n) is 7.94. The molecule has 6 atom stereocenters. The molecule has 8 N–H and O–H groups in total. The van der Waals surface area contributed by atoms with Gasteiger partial charge in [0.15, 0.2) is 22.8 Å². The number of nitrogens with two attached hydrogens (primary N) is 1. The molecular formula is C15H24Cl2N5O11P3S. The van der Waals surface area contributed by atoms with Crippen molar-refractivity contribution < 1.29 is 52.7 Å². The predicted octanol–water partition coefficient (Wildman–Crippen LogP) is 1.23. The summed E-state index contributed by atoms with van der Waals surface area (Å²) in [5.74, 6) is -0.923. The maximum Gasteiger partial charge on any atom is 0.371 e. The lowest BCUT2D eigenvalue weighted by atomic mass is 10.1. The van der Waals surface area contributed by atoms with Crippen LogP contribution in [0.25, 0.3) is 11.2 Å². The molecule has 22 heteroatoms. The number of thioether (sulfide) groups is 1. The first-order valence-corrected chi connectivity index (χ1v) is 17.2. The number of ether oxygens (including phenoxy) is 1. The number of fused-ring (bicyclic) bond motifs is 1. The number of hydrogen-bond donors (Lipinski definition) is 7. The van der Waals surface area contributed by atoms with Crippen molar-refractivity contribution in [3.63, 3.8) is 0 Å². The van der Waals surface area contributed by atoms with Gasteiger partial charge in [-0.2, -0.15) is 0 Å². The predicted molar refractivity (Wildman–Crippen MR) is 134 cm³/mol. The molecule has 0 bridgehead atoms. The highest BCUT2D eigenvalue weighted by Crippen LogP contribution is 2.78. The van der Waals surface area contributed by atoms with Gasteiger partial charge in [-0.25, -0.2) is 15.0 Å². The van der Waals surface area contributed by atoms with Crippen LogP contribution in [0.1, 0.15) is 19.6 Å². The maximum atomic E-state index is 12.4. The minimum absolute atomic E-state index is 0.0786. The second-order valence-corrected chi connectivity index (χ2v) is 18.2. The average Bonchev–Trinajstić information content (AvgIpc) is 3.31. The average molecular weight is 646 g/mol. The molecule has 1 saturated heterocycles. The van der Waals surface area contributed by atoms with E-state index >= 15 is 0 Å². The number of aliphatic hydroxyl groups excluding tert-OH is 2. The molecule has 1 aliphatic heterocycles. The van der Waals surface area contributed by atoms with Crippen molar-refractivity contribution in [1.82, 2.24) is 19.5 Å². The second kappa shape index (κ2) is 11.3. The highest BCUT2D eigenvalue weighted by atomic mass is 35.5. The zero-order chi connectivity index (χ0) is 28.0. The maximum absolute atomic E-state index is 12.4. The lowest BCUT2D eigenvalue weighted by molar-refractivity contribution is -0.0484. The minimum atomic E-state index is -5.60. The van der Waals surface area contributed by atoms with Crippen LogP contribution in [-0.4, -0.2) is 89.7 Å². The van der Waals surface area contributed by atoms with Crippen molar-refractivity contribution in [3.05, 3.63) is 6.33 Å². The Morgan fingerprint density at radius 1 is 1.19 bits per heavy atom. The van der Waals surface area contributed by atoms with Gasteiger partial charge in [-0.15, -0.1) is 0 Å². The molecule has 3 rings (SSSR count). The monoisotopic (exact) mass is 645 g/mol. The van der Waals surface area contributed by atoms with Crippen LogP contribution in [0.2, 0.25) is 0 Å². The zero-order valence-corrected chi connectivity index (χ0v) is 23.8. The van der Waals surface area contributed by atoms with Crippen LogP contribution in [0.3, 0.4) is 0 Å². The van der Waals surface area contributed by atoms with Crippen LogP contribution in [-0.2, 0) is 23.0 Å². The summed E-state index contributed by atoms with van der Waals surface area (Å²) in [7, 11) is -16.1. The van der Waals surface area contributed by atoms with Gasteiger partial charge >= 0.3 is 15.2 Å². The first-order valence-electron chi connectivity index (χ1n) is 10.3. The van der Waals surface area contributed by atoms with Crippen molar-refractivity contribution >= 4 is 74.5 Å². The summed E-state index contributed by atoms with van der Waals surface area (Å²) < 4.78 is 44.1. The quantitative estimate of drug-likeness (QED) is 0.0783. The number of rotatable bonds is 11. The third-order valence-corrected chi connectivity index (χ3v) is 15.8. The van der Waals surface area contributed by atoms with Gasteiger partial charge in [-0.1, -0.05) is 41.9 Å². The molecule has 0 saturated carbocycles. The molecule has 0 spiro atoms. The normalized spacial score (nSPS) is 26.3.